The van der Waals surface area contributed by atoms with E-state index in [2.05, 4.69) is 15.3 Å². The maximum atomic E-state index is 12.3. The highest BCUT2D eigenvalue weighted by Gasteiger charge is 2.15. The predicted octanol–water partition coefficient (Wildman–Crippen LogP) is 2.40. The molecule has 0 bridgehead atoms. The van der Waals surface area contributed by atoms with Gasteiger partial charge in [-0.25, -0.2) is 9.97 Å². The van der Waals surface area contributed by atoms with Gasteiger partial charge in [0.1, 0.15) is 0 Å². The Morgan fingerprint density at radius 1 is 1.18 bits per heavy atom. The van der Waals surface area contributed by atoms with Gasteiger partial charge in [0.2, 0.25) is 0 Å². The number of aryl methyl sites for hydroxylation is 2. The SMILES string of the molecule is Cc1nc2ccc(C(=O)NCC3CCOCC3)cc2nc1C. The van der Waals surface area contributed by atoms with E-state index in [0.717, 1.165) is 48.5 Å². The molecule has 0 unspecified atom stereocenters. The normalized spacial score (nSPS) is 15.9. The summed E-state index contributed by atoms with van der Waals surface area (Å²) in [6.45, 7) is 6.17. The summed E-state index contributed by atoms with van der Waals surface area (Å²) < 4.78 is 5.33. The van der Waals surface area contributed by atoms with Gasteiger partial charge < -0.3 is 10.1 Å². The molecule has 0 saturated carbocycles. The zero-order chi connectivity index (χ0) is 15.5. The summed E-state index contributed by atoms with van der Waals surface area (Å²) >= 11 is 0. The van der Waals surface area contributed by atoms with Crippen molar-refractivity contribution in [1.82, 2.24) is 15.3 Å². The molecular weight excluding hydrogens is 278 g/mol. The Morgan fingerprint density at radius 2 is 1.86 bits per heavy atom. The summed E-state index contributed by atoms with van der Waals surface area (Å²) in [5.74, 6) is 0.469. The zero-order valence-corrected chi connectivity index (χ0v) is 13.1. The van der Waals surface area contributed by atoms with Gasteiger partial charge in [-0.1, -0.05) is 0 Å². The van der Waals surface area contributed by atoms with Crippen LogP contribution in [0.3, 0.4) is 0 Å². The summed E-state index contributed by atoms with van der Waals surface area (Å²) in [5.41, 5.74) is 4.04. The van der Waals surface area contributed by atoms with Crippen LogP contribution in [0.4, 0.5) is 0 Å². The summed E-state index contributed by atoms with van der Waals surface area (Å²) in [6, 6.07) is 5.48. The van der Waals surface area contributed by atoms with Gasteiger partial charge >= 0.3 is 0 Å². The predicted molar refractivity (Wildman–Crippen MR) is 84.9 cm³/mol. The van der Waals surface area contributed by atoms with Crippen LogP contribution in [-0.2, 0) is 4.74 Å². The molecule has 22 heavy (non-hydrogen) atoms. The van der Waals surface area contributed by atoms with Crippen molar-refractivity contribution in [2.75, 3.05) is 19.8 Å². The van der Waals surface area contributed by atoms with Gasteiger partial charge in [0.25, 0.3) is 5.91 Å². The van der Waals surface area contributed by atoms with Gasteiger partial charge in [-0.15, -0.1) is 0 Å². The van der Waals surface area contributed by atoms with Crippen molar-refractivity contribution < 1.29 is 9.53 Å². The quantitative estimate of drug-likeness (QED) is 0.945. The molecule has 1 aliphatic rings. The topological polar surface area (TPSA) is 64.1 Å². The second-order valence-corrected chi connectivity index (χ2v) is 5.86. The fourth-order valence-corrected chi connectivity index (χ4v) is 2.66. The van der Waals surface area contributed by atoms with E-state index in [1.54, 1.807) is 0 Å². The van der Waals surface area contributed by atoms with Crippen LogP contribution >= 0.6 is 0 Å². The highest BCUT2D eigenvalue weighted by molar-refractivity contribution is 5.97. The maximum absolute atomic E-state index is 12.3. The molecule has 116 valence electrons. The number of fused-ring (bicyclic) bond motifs is 1. The monoisotopic (exact) mass is 299 g/mol. The molecule has 2 aromatic rings. The first-order chi connectivity index (χ1) is 10.6. The van der Waals surface area contributed by atoms with Crippen molar-refractivity contribution in [2.45, 2.75) is 26.7 Å². The fraction of sp³-hybridized carbons (Fsp3) is 0.471. The van der Waals surface area contributed by atoms with Gasteiger partial charge in [-0.2, -0.15) is 0 Å². The molecule has 2 heterocycles. The molecule has 1 saturated heterocycles. The molecule has 0 spiro atoms. The lowest BCUT2D eigenvalue weighted by Gasteiger charge is -2.22. The molecule has 1 N–H and O–H groups in total. The molecular formula is C17H21N3O2. The Morgan fingerprint density at radius 3 is 2.59 bits per heavy atom. The third-order valence-electron chi connectivity index (χ3n) is 4.23. The van der Waals surface area contributed by atoms with E-state index in [1.807, 2.05) is 32.0 Å². The Kier molecular flexibility index (Phi) is 4.34. The number of benzene rings is 1. The van der Waals surface area contributed by atoms with Crippen LogP contribution in [0.2, 0.25) is 0 Å². The van der Waals surface area contributed by atoms with Crippen molar-refractivity contribution in [2.24, 2.45) is 5.92 Å². The van der Waals surface area contributed by atoms with Crippen molar-refractivity contribution in [3.63, 3.8) is 0 Å². The Bertz CT molecular complexity index is 694. The minimum absolute atomic E-state index is 0.0478. The number of aromatic nitrogens is 2. The van der Waals surface area contributed by atoms with Gasteiger partial charge in [-0.3, -0.25) is 4.79 Å². The van der Waals surface area contributed by atoms with Crippen LogP contribution in [0.25, 0.3) is 11.0 Å². The molecule has 0 aliphatic carbocycles. The third kappa shape index (κ3) is 3.25. The molecule has 3 rings (SSSR count). The van der Waals surface area contributed by atoms with E-state index in [4.69, 9.17) is 4.74 Å². The lowest BCUT2D eigenvalue weighted by atomic mass is 10.0. The molecule has 1 aliphatic heterocycles. The summed E-state index contributed by atoms with van der Waals surface area (Å²) in [4.78, 5) is 21.3. The molecule has 1 aromatic heterocycles. The first kappa shape index (κ1) is 14.9. The smallest absolute Gasteiger partial charge is 0.251 e. The Labute approximate surface area is 130 Å². The first-order valence-corrected chi connectivity index (χ1v) is 7.74. The number of carbonyl (C=O) groups excluding carboxylic acids is 1. The Hall–Kier alpha value is -2.01. The molecule has 1 amide bonds. The number of amides is 1. The summed E-state index contributed by atoms with van der Waals surface area (Å²) in [7, 11) is 0. The van der Waals surface area contributed by atoms with Crippen LogP contribution in [0.1, 0.15) is 34.6 Å². The minimum Gasteiger partial charge on any atom is -0.381 e. The minimum atomic E-state index is -0.0478. The van der Waals surface area contributed by atoms with Crippen LogP contribution in [0, 0.1) is 19.8 Å². The number of hydrogen-bond acceptors (Lipinski definition) is 4. The standard InChI is InChI=1S/C17H21N3O2/c1-11-12(2)20-16-9-14(3-4-15(16)19-11)17(21)18-10-13-5-7-22-8-6-13/h3-4,9,13H,5-8,10H2,1-2H3,(H,18,21). The van der Waals surface area contributed by atoms with Crippen molar-refractivity contribution in [1.29, 1.82) is 0 Å². The second-order valence-electron chi connectivity index (χ2n) is 5.86. The van der Waals surface area contributed by atoms with E-state index in [9.17, 15) is 4.79 Å². The molecule has 1 fully saturated rings. The van der Waals surface area contributed by atoms with Gasteiger partial charge in [0.15, 0.2) is 0 Å². The van der Waals surface area contributed by atoms with Crippen LogP contribution in [0.15, 0.2) is 18.2 Å². The fourth-order valence-electron chi connectivity index (χ4n) is 2.66. The lowest BCUT2D eigenvalue weighted by molar-refractivity contribution is 0.0642. The van der Waals surface area contributed by atoms with E-state index >= 15 is 0 Å². The first-order valence-electron chi connectivity index (χ1n) is 7.74. The number of carbonyl (C=O) groups is 1. The second kappa shape index (κ2) is 6.40. The molecule has 5 nitrogen and oxygen atoms in total. The van der Waals surface area contributed by atoms with Crippen molar-refractivity contribution in [3.05, 3.63) is 35.2 Å². The number of rotatable bonds is 3. The van der Waals surface area contributed by atoms with Crippen LogP contribution < -0.4 is 5.32 Å². The van der Waals surface area contributed by atoms with Gasteiger partial charge in [0.05, 0.1) is 22.4 Å². The van der Waals surface area contributed by atoms with E-state index in [-0.39, 0.29) is 5.91 Å². The van der Waals surface area contributed by atoms with E-state index < -0.39 is 0 Å². The maximum Gasteiger partial charge on any atom is 0.251 e. The van der Waals surface area contributed by atoms with E-state index in [0.29, 0.717) is 18.0 Å². The van der Waals surface area contributed by atoms with Gasteiger partial charge in [0, 0.05) is 25.3 Å². The van der Waals surface area contributed by atoms with E-state index in [1.165, 1.54) is 0 Å². The van der Waals surface area contributed by atoms with Crippen LogP contribution in [0.5, 0.6) is 0 Å². The van der Waals surface area contributed by atoms with Crippen molar-refractivity contribution in [3.8, 4) is 0 Å². The number of ether oxygens (including phenoxy) is 1. The number of nitrogens with one attached hydrogen (secondary N) is 1. The average molecular weight is 299 g/mol. The molecule has 1 aromatic carbocycles. The highest BCUT2D eigenvalue weighted by atomic mass is 16.5. The average Bonchev–Trinajstić information content (AvgIpc) is 2.54. The molecule has 5 heteroatoms. The lowest BCUT2D eigenvalue weighted by Crippen LogP contribution is -2.32. The summed E-state index contributed by atoms with van der Waals surface area (Å²) in [5, 5.41) is 3.02. The van der Waals surface area contributed by atoms with Gasteiger partial charge in [-0.05, 0) is 50.8 Å². The Balaban J connectivity index is 1.71. The zero-order valence-electron chi connectivity index (χ0n) is 13.1. The molecule has 0 atom stereocenters. The summed E-state index contributed by atoms with van der Waals surface area (Å²) in [6.07, 6.45) is 2.03. The largest absolute Gasteiger partial charge is 0.381 e. The van der Waals surface area contributed by atoms with Crippen molar-refractivity contribution >= 4 is 16.9 Å². The number of nitrogens with zero attached hydrogens (tertiary/aromatic N) is 2. The molecule has 0 radical (unpaired) electrons. The van der Waals surface area contributed by atoms with Crippen LogP contribution in [-0.4, -0.2) is 35.6 Å². The number of hydrogen-bond donors (Lipinski definition) is 1. The third-order valence-corrected chi connectivity index (χ3v) is 4.23. The highest BCUT2D eigenvalue weighted by Crippen LogP contribution is 2.16.